The first kappa shape index (κ1) is 13.0. The van der Waals surface area contributed by atoms with E-state index in [1.54, 1.807) is 32.0 Å². The highest BCUT2D eigenvalue weighted by atomic mass is 79.9. The summed E-state index contributed by atoms with van der Waals surface area (Å²) >= 11 is 3.29. The molecule has 1 aliphatic heterocycles. The lowest BCUT2D eigenvalue weighted by atomic mass is 10.1. The van der Waals surface area contributed by atoms with E-state index in [1.807, 2.05) is 0 Å². The lowest BCUT2D eigenvalue weighted by Gasteiger charge is -2.16. The van der Waals surface area contributed by atoms with E-state index in [-0.39, 0.29) is 18.2 Å². The van der Waals surface area contributed by atoms with E-state index in [0.29, 0.717) is 11.3 Å². The molecule has 0 bridgehead atoms. The van der Waals surface area contributed by atoms with Crippen LogP contribution < -0.4 is 4.90 Å². The normalized spacial score (nSPS) is 14.3. The minimum Gasteiger partial charge on any atom is -0.297 e. The maximum atomic E-state index is 11.8. The van der Waals surface area contributed by atoms with Gasteiger partial charge in [-0.15, -0.1) is 0 Å². The summed E-state index contributed by atoms with van der Waals surface area (Å²) in [6.45, 7) is 3.49. The van der Waals surface area contributed by atoms with Crippen LogP contribution in [0.1, 0.15) is 24.2 Å². The molecule has 0 N–H and O–H groups in total. The van der Waals surface area contributed by atoms with Crippen LogP contribution in [-0.4, -0.2) is 24.0 Å². The zero-order chi connectivity index (χ0) is 13.4. The Labute approximate surface area is 113 Å². The molecule has 94 valence electrons. The predicted octanol–water partition coefficient (Wildman–Crippen LogP) is 2.20. The summed E-state index contributed by atoms with van der Waals surface area (Å²) in [5, 5.41) is 0. The van der Waals surface area contributed by atoms with Crippen LogP contribution in [0, 0.1) is 5.92 Å². The summed E-state index contributed by atoms with van der Waals surface area (Å²) < 4.78 is 0.769. The minimum atomic E-state index is -0.628. The van der Waals surface area contributed by atoms with Gasteiger partial charge in [0.15, 0.2) is 5.78 Å². The van der Waals surface area contributed by atoms with Gasteiger partial charge in [-0.25, -0.2) is 0 Å². The number of benzene rings is 1. The third kappa shape index (κ3) is 2.10. The maximum absolute atomic E-state index is 11.8. The topological polar surface area (TPSA) is 54.5 Å². The van der Waals surface area contributed by atoms with E-state index in [1.165, 1.54) is 4.90 Å². The molecule has 0 unspecified atom stereocenters. The third-order valence-electron chi connectivity index (χ3n) is 2.89. The molecule has 1 heterocycles. The Morgan fingerprint density at radius 3 is 2.61 bits per heavy atom. The van der Waals surface area contributed by atoms with E-state index >= 15 is 0 Å². The highest BCUT2D eigenvalue weighted by Gasteiger charge is 2.36. The second-order valence-corrected chi connectivity index (χ2v) is 5.42. The van der Waals surface area contributed by atoms with Crippen molar-refractivity contribution in [1.29, 1.82) is 0 Å². The van der Waals surface area contributed by atoms with Crippen LogP contribution in [0.2, 0.25) is 0 Å². The maximum Gasteiger partial charge on any atom is 0.299 e. The fourth-order valence-corrected chi connectivity index (χ4v) is 2.11. The summed E-state index contributed by atoms with van der Waals surface area (Å²) in [4.78, 5) is 36.6. The molecule has 1 aromatic rings. The van der Waals surface area contributed by atoms with E-state index in [0.717, 1.165) is 4.47 Å². The Balaban J connectivity index is 2.39. The number of nitrogens with zero attached hydrogens (tertiary/aromatic N) is 1. The molecule has 2 rings (SSSR count). The molecular weight excluding hydrogens is 298 g/mol. The van der Waals surface area contributed by atoms with Crippen molar-refractivity contribution in [2.24, 2.45) is 5.92 Å². The average molecular weight is 310 g/mol. The number of hydrogen-bond donors (Lipinski definition) is 0. The number of Topliss-reactive ketones (excluding diaryl/α,β-unsaturated/α-hetero) is 2. The largest absolute Gasteiger partial charge is 0.299 e. The first-order chi connectivity index (χ1) is 8.41. The third-order valence-corrected chi connectivity index (χ3v) is 3.39. The Bertz CT molecular complexity index is 551. The van der Waals surface area contributed by atoms with Gasteiger partial charge in [0.25, 0.3) is 11.7 Å². The molecule has 4 nitrogen and oxygen atoms in total. The Morgan fingerprint density at radius 2 is 2.00 bits per heavy atom. The van der Waals surface area contributed by atoms with Crippen molar-refractivity contribution in [2.45, 2.75) is 13.8 Å². The fourth-order valence-electron chi connectivity index (χ4n) is 1.76. The first-order valence-electron chi connectivity index (χ1n) is 5.60. The monoisotopic (exact) mass is 309 g/mol. The van der Waals surface area contributed by atoms with Crippen LogP contribution in [-0.2, 0) is 9.59 Å². The molecule has 0 atom stereocenters. The molecule has 0 saturated heterocycles. The smallest absolute Gasteiger partial charge is 0.297 e. The van der Waals surface area contributed by atoms with Crippen LogP contribution in [0.25, 0.3) is 0 Å². The summed E-state index contributed by atoms with van der Waals surface area (Å²) in [6, 6.07) is 4.99. The average Bonchev–Trinajstić information content (AvgIpc) is 2.54. The lowest BCUT2D eigenvalue weighted by molar-refractivity contribution is -0.122. The zero-order valence-electron chi connectivity index (χ0n) is 10.1. The standard InChI is InChI=1S/C13H12BrNO3/c1-7(2)11(16)6-15-10-5-8(14)3-4-9(10)12(17)13(15)18/h3-5,7H,6H2,1-2H3. The van der Waals surface area contributed by atoms with Crippen molar-refractivity contribution >= 4 is 39.1 Å². The van der Waals surface area contributed by atoms with Gasteiger partial charge in [0.1, 0.15) is 0 Å². The number of carbonyl (C=O) groups is 3. The molecule has 0 radical (unpaired) electrons. The number of rotatable bonds is 3. The van der Waals surface area contributed by atoms with Crippen LogP contribution in [0.4, 0.5) is 5.69 Å². The molecular formula is C13H12BrNO3. The van der Waals surface area contributed by atoms with Gasteiger partial charge in [0.2, 0.25) is 0 Å². The zero-order valence-corrected chi connectivity index (χ0v) is 11.7. The van der Waals surface area contributed by atoms with Gasteiger partial charge in [0.05, 0.1) is 17.8 Å². The van der Waals surface area contributed by atoms with Gasteiger partial charge in [0, 0.05) is 10.4 Å². The molecule has 0 saturated carbocycles. The highest BCUT2D eigenvalue weighted by Crippen LogP contribution is 2.31. The molecule has 1 aliphatic rings. The van der Waals surface area contributed by atoms with Gasteiger partial charge < -0.3 is 0 Å². The molecule has 1 aromatic carbocycles. The number of anilines is 1. The number of hydrogen-bond acceptors (Lipinski definition) is 3. The van der Waals surface area contributed by atoms with Crippen molar-refractivity contribution in [3.63, 3.8) is 0 Å². The summed E-state index contributed by atoms with van der Waals surface area (Å²) in [5.74, 6) is -1.40. The van der Waals surface area contributed by atoms with Crippen molar-refractivity contribution in [3.8, 4) is 0 Å². The Kier molecular flexibility index (Phi) is 3.34. The summed E-state index contributed by atoms with van der Waals surface area (Å²) in [7, 11) is 0. The van der Waals surface area contributed by atoms with Gasteiger partial charge in [-0.05, 0) is 18.2 Å². The van der Waals surface area contributed by atoms with Gasteiger partial charge in [-0.3, -0.25) is 19.3 Å². The second kappa shape index (κ2) is 4.65. The van der Waals surface area contributed by atoms with Crippen molar-refractivity contribution in [1.82, 2.24) is 0 Å². The molecule has 5 heteroatoms. The quantitative estimate of drug-likeness (QED) is 0.804. The van der Waals surface area contributed by atoms with E-state index in [9.17, 15) is 14.4 Å². The number of halogens is 1. The molecule has 0 aliphatic carbocycles. The molecule has 0 aromatic heterocycles. The number of amides is 1. The SMILES string of the molecule is CC(C)C(=O)CN1C(=O)C(=O)c2ccc(Br)cc21. The molecule has 18 heavy (non-hydrogen) atoms. The van der Waals surface area contributed by atoms with Crippen molar-refractivity contribution < 1.29 is 14.4 Å². The van der Waals surface area contributed by atoms with Crippen molar-refractivity contribution in [2.75, 3.05) is 11.4 Å². The number of carbonyl (C=O) groups excluding carboxylic acids is 3. The lowest BCUT2D eigenvalue weighted by Crippen LogP contribution is -2.36. The van der Waals surface area contributed by atoms with Gasteiger partial charge in [-0.2, -0.15) is 0 Å². The van der Waals surface area contributed by atoms with Crippen LogP contribution in [0.15, 0.2) is 22.7 Å². The summed E-state index contributed by atoms with van der Waals surface area (Å²) in [5.41, 5.74) is 0.869. The fraction of sp³-hybridized carbons (Fsp3) is 0.308. The molecule has 0 fully saturated rings. The summed E-state index contributed by atoms with van der Waals surface area (Å²) in [6.07, 6.45) is 0. The van der Waals surface area contributed by atoms with E-state index in [4.69, 9.17) is 0 Å². The molecule has 0 spiro atoms. The second-order valence-electron chi connectivity index (χ2n) is 4.50. The molecule has 1 amide bonds. The van der Waals surface area contributed by atoms with Crippen molar-refractivity contribution in [3.05, 3.63) is 28.2 Å². The first-order valence-corrected chi connectivity index (χ1v) is 6.39. The van der Waals surface area contributed by atoms with Gasteiger partial charge in [-0.1, -0.05) is 29.8 Å². The Morgan fingerprint density at radius 1 is 1.33 bits per heavy atom. The highest BCUT2D eigenvalue weighted by molar-refractivity contribution is 9.10. The predicted molar refractivity (Wildman–Crippen MR) is 70.7 cm³/mol. The minimum absolute atomic E-state index is 0.0499. The number of ketones is 2. The number of fused-ring (bicyclic) bond motifs is 1. The van der Waals surface area contributed by atoms with E-state index in [2.05, 4.69) is 15.9 Å². The van der Waals surface area contributed by atoms with Crippen LogP contribution >= 0.6 is 15.9 Å². The van der Waals surface area contributed by atoms with Crippen LogP contribution in [0.3, 0.4) is 0 Å². The van der Waals surface area contributed by atoms with Gasteiger partial charge >= 0.3 is 0 Å². The van der Waals surface area contributed by atoms with Crippen LogP contribution in [0.5, 0.6) is 0 Å². The Hall–Kier alpha value is -1.49. The van der Waals surface area contributed by atoms with E-state index < -0.39 is 11.7 Å².